The molecule has 2 aromatic heterocycles. The Morgan fingerprint density at radius 2 is 2.44 bits per heavy atom. The molecule has 0 amide bonds. The molecule has 0 bridgehead atoms. The third-order valence-electron chi connectivity index (χ3n) is 3.67. The van der Waals surface area contributed by atoms with Crippen LogP contribution in [0.2, 0.25) is 0 Å². The maximum atomic E-state index is 10.00. The molecule has 0 aromatic carbocycles. The Balaban J connectivity index is 1.83. The van der Waals surface area contributed by atoms with Crippen LogP contribution in [0.25, 0.3) is 0 Å². The predicted octanol–water partition coefficient (Wildman–Crippen LogP) is 1.79. The lowest BCUT2D eigenvalue weighted by Gasteiger charge is -2.20. The summed E-state index contributed by atoms with van der Waals surface area (Å²) in [6.07, 6.45) is 4.80. The molecule has 0 saturated carbocycles. The lowest BCUT2D eigenvalue weighted by molar-refractivity contribution is 0.155. The average molecular weight is 247 g/mol. The summed E-state index contributed by atoms with van der Waals surface area (Å²) in [6, 6.07) is 2.11. The largest absolute Gasteiger partial charge is 0.388 e. The number of aliphatic hydroxyl groups excluding tert-OH is 1. The summed E-state index contributed by atoms with van der Waals surface area (Å²) in [5.74, 6) is 0.730. The van der Waals surface area contributed by atoms with Gasteiger partial charge in [-0.15, -0.1) is 0 Å². The molecule has 1 atom stereocenters. The van der Waals surface area contributed by atoms with Gasteiger partial charge in [0.05, 0.1) is 6.10 Å². The van der Waals surface area contributed by atoms with Crippen LogP contribution in [0.5, 0.6) is 0 Å². The van der Waals surface area contributed by atoms with Crippen molar-refractivity contribution < 1.29 is 9.63 Å². The molecule has 0 radical (unpaired) electrons. The Morgan fingerprint density at radius 3 is 3.22 bits per heavy atom. The summed E-state index contributed by atoms with van der Waals surface area (Å²) in [7, 11) is 0. The van der Waals surface area contributed by atoms with Crippen molar-refractivity contribution in [2.75, 3.05) is 0 Å². The van der Waals surface area contributed by atoms with Crippen molar-refractivity contribution in [1.29, 1.82) is 0 Å². The number of rotatable bonds is 3. The summed E-state index contributed by atoms with van der Waals surface area (Å²) in [4.78, 5) is 4.03. The Kier molecular flexibility index (Phi) is 2.91. The van der Waals surface area contributed by atoms with Gasteiger partial charge < -0.3 is 14.2 Å². The molecule has 5 nitrogen and oxygen atoms in total. The molecule has 96 valence electrons. The normalized spacial score (nSPS) is 18.9. The van der Waals surface area contributed by atoms with Crippen LogP contribution in [0.15, 0.2) is 17.0 Å². The van der Waals surface area contributed by atoms with Gasteiger partial charge in [-0.3, -0.25) is 0 Å². The van der Waals surface area contributed by atoms with E-state index in [1.165, 1.54) is 17.8 Å². The second kappa shape index (κ2) is 4.57. The number of hydrogen-bond acceptors (Lipinski definition) is 4. The number of aliphatic hydroxyl groups is 1. The lowest BCUT2D eigenvalue weighted by atomic mass is 9.95. The number of fused-ring (bicyclic) bond motifs is 1. The van der Waals surface area contributed by atoms with Gasteiger partial charge >= 0.3 is 0 Å². The third-order valence-corrected chi connectivity index (χ3v) is 3.67. The van der Waals surface area contributed by atoms with E-state index in [2.05, 4.69) is 27.7 Å². The van der Waals surface area contributed by atoms with Crippen molar-refractivity contribution in [3.8, 4) is 0 Å². The topological polar surface area (TPSA) is 64.1 Å². The van der Waals surface area contributed by atoms with Crippen LogP contribution in [-0.4, -0.2) is 19.8 Å². The number of aryl methyl sites for hydroxylation is 2. The number of hydrogen-bond donors (Lipinski definition) is 1. The quantitative estimate of drug-likeness (QED) is 0.898. The van der Waals surface area contributed by atoms with Gasteiger partial charge in [-0.25, -0.2) is 0 Å². The smallest absolute Gasteiger partial charge is 0.213 e. The first-order valence-corrected chi connectivity index (χ1v) is 6.38. The summed E-state index contributed by atoms with van der Waals surface area (Å²) in [6.45, 7) is 2.93. The van der Waals surface area contributed by atoms with E-state index in [0.29, 0.717) is 0 Å². The standard InChI is InChI=1S/C13H17N3O2/c1-9-7-10-11(3-2-4-12(10)17)16(9)6-5-13-14-8-18-15-13/h7-8,12,17H,2-6H2,1H3. The maximum absolute atomic E-state index is 10.00. The third kappa shape index (κ3) is 1.95. The summed E-state index contributed by atoms with van der Waals surface area (Å²) in [5, 5.41) is 13.8. The fraction of sp³-hybridized carbons (Fsp3) is 0.538. The highest BCUT2D eigenvalue weighted by Gasteiger charge is 2.22. The second-order valence-electron chi connectivity index (χ2n) is 4.84. The Bertz CT molecular complexity index is 531. The molecule has 1 aliphatic carbocycles. The Morgan fingerprint density at radius 1 is 1.56 bits per heavy atom. The minimum Gasteiger partial charge on any atom is -0.388 e. The van der Waals surface area contributed by atoms with Crippen LogP contribution in [0.3, 0.4) is 0 Å². The minimum absolute atomic E-state index is 0.293. The molecular weight excluding hydrogens is 230 g/mol. The molecule has 1 aliphatic rings. The van der Waals surface area contributed by atoms with Crippen molar-refractivity contribution in [3.05, 3.63) is 35.2 Å². The van der Waals surface area contributed by atoms with Gasteiger partial charge in [-0.1, -0.05) is 5.16 Å². The van der Waals surface area contributed by atoms with E-state index in [-0.39, 0.29) is 6.10 Å². The SMILES string of the molecule is Cc1cc2c(n1CCc1ncon1)CCCC2O. The van der Waals surface area contributed by atoms with Crippen molar-refractivity contribution in [2.24, 2.45) is 0 Å². The van der Waals surface area contributed by atoms with E-state index >= 15 is 0 Å². The highest BCUT2D eigenvalue weighted by molar-refractivity contribution is 5.31. The van der Waals surface area contributed by atoms with Crippen LogP contribution in [0.1, 0.15) is 41.7 Å². The Labute approximate surface area is 105 Å². The zero-order valence-corrected chi connectivity index (χ0v) is 10.5. The van der Waals surface area contributed by atoms with Crippen LogP contribution in [-0.2, 0) is 19.4 Å². The highest BCUT2D eigenvalue weighted by atomic mass is 16.5. The first kappa shape index (κ1) is 11.5. The number of nitrogens with zero attached hydrogens (tertiary/aromatic N) is 3. The van der Waals surface area contributed by atoms with Crippen molar-refractivity contribution in [2.45, 2.75) is 45.3 Å². The van der Waals surface area contributed by atoms with Gasteiger partial charge in [0.2, 0.25) is 6.39 Å². The fourth-order valence-electron chi connectivity index (χ4n) is 2.77. The van der Waals surface area contributed by atoms with Crippen LogP contribution in [0, 0.1) is 6.92 Å². The molecule has 0 spiro atoms. The Hall–Kier alpha value is -1.62. The monoisotopic (exact) mass is 247 g/mol. The molecule has 2 heterocycles. The van der Waals surface area contributed by atoms with Crippen molar-refractivity contribution in [1.82, 2.24) is 14.7 Å². The van der Waals surface area contributed by atoms with E-state index in [1.807, 2.05) is 0 Å². The molecule has 18 heavy (non-hydrogen) atoms. The molecule has 0 aliphatic heterocycles. The zero-order chi connectivity index (χ0) is 12.5. The molecule has 0 fully saturated rings. The fourth-order valence-corrected chi connectivity index (χ4v) is 2.77. The average Bonchev–Trinajstić information content (AvgIpc) is 2.95. The van der Waals surface area contributed by atoms with Crippen LogP contribution in [0.4, 0.5) is 0 Å². The minimum atomic E-state index is -0.293. The molecule has 1 N–H and O–H groups in total. The lowest BCUT2D eigenvalue weighted by Crippen LogP contribution is -2.13. The molecule has 1 unspecified atom stereocenters. The van der Waals surface area contributed by atoms with Crippen LogP contribution < -0.4 is 0 Å². The van der Waals surface area contributed by atoms with E-state index in [9.17, 15) is 5.11 Å². The predicted molar refractivity (Wildman–Crippen MR) is 65.1 cm³/mol. The van der Waals surface area contributed by atoms with Crippen molar-refractivity contribution in [3.63, 3.8) is 0 Å². The van der Waals surface area contributed by atoms with Gasteiger partial charge in [0.15, 0.2) is 5.82 Å². The number of aromatic nitrogens is 3. The first-order chi connectivity index (χ1) is 8.75. The van der Waals surface area contributed by atoms with Gasteiger partial charge in [0.25, 0.3) is 0 Å². The van der Waals surface area contributed by atoms with Crippen LogP contribution >= 0.6 is 0 Å². The van der Waals surface area contributed by atoms with E-state index in [1.54, 1.807) is 0 Å². The molecule has 5 heteroatoms. The van der Waals surface area contributed by atoms with Gasteiger partial charge in [-0.05, 0) is 32.3 Å². The summed E-state index contributed by atoms with van der Waals surface area (Å²) in [5.41, 5.74) is 3.58. The van der Waals surface area contributed by atoms with Gasteiger partial charge in [0, 0.05) is 29.9 Å². The highest BCUT2D eigenvalue weighted by Crippen LogP contribution is 2.32. The van der Waals surface area contributed by atoms with Gasteiger partial charge in [0.1, 0.15) is 0 Å². The van der Waals surface area contributed by atoms with Crippen molar-refractivity contribution >= 4 is 0 Å². The molecular formula is C13H17N3O2. The molecule has 2 aromatic rings. The summed E-state index contributed by atoms with van der Waals surface area (Å²) < 4.78 is 7.01. The van der Waals surface area contributed by atoms with Gasteiger partial charge in [-0.2, -0.15) is 4.98 Å². The molecule has 3 rings (SSSR count). The second-order valence-corrected chi connectivity index (χ2v) is 4.84. The zero-order valence-electron chi connectivity index (χ0n) is 10.5. The van der Waals surface area contributed by atoms with E-state index in [4.69, 9.17) is 4.52 Å². The maximum Gasteiger partial charge on any atom is 0.213 e. The summed E-state index contributed by atoms with van der Waals surface area (Å²) >= 11 is 0. The molecule has 0 saturated heterocycles. The van der Waals surface area contributed by atoms with E-state index < -0.39 is 0 Å². The van der Waals surface area contributed by atoms with E-state index in [0.717, 1.165) is 43.6 Å². The first-order valence-electron chi connectivity index (χ1n) is 6.38.